The summed E-state index contributed by atoms with van der Waals surface area (Å²) in [5, 5.41) is 25.3. The Hall–Kier alpha value is -5.66. The number of carbonyl (C=O) groups is 4. The normalized spacial score (nSPS) is 12.4. The topological polar surface area (TPSA) is 154 Å². The van der Waals surface area contributed by atoms with Crippen molar-refractivity contribution in [3.05, 3.63) is 88.1 Å². The van der Waals surface area contributed by atoms with Gasteiger partial charge in [-0.3, -0.25) is 9.59 Å². The van der Waals surface area contributed by atoms with Crippen LogP contribution in [0.5, 0.6) is 17.2 Å². The molecular weight excluding hydrogens is 565 g/mol. The van der Waals surface area contributed by atoms with Crippen LogP contribution < -0.4 is 4.74 Å². The van der Waals surface area contributed by atoms with Crippen molar-refractivity contribution in [3.63, 3.8) is 0 Å². The minimum absolute atomic E-state index is 0.000772. The van der Waals surface area contributed by atoms with Gasteiger partial charge in [0.1, 0.15) is 28.5 Å². The monoisotopic (exact) mass is 582 g/mol. The van der Waals surface area contributed by atoms with Crippen molar-refractivity contribution in [3.8, 4) is 34.2 Å². The first-order valence-corrected chi connectivity index (χ1v) is 11.8. The highest BCUT2D eigenvalue weighted by Gasteiger charge is 2.37. The van der Waals surface area contributed by atoms with Crippen molar-refractivity contribution < 1.29 is 56.8 Å². The number of hydrogen-bond acceptors (Lipinski definition) is 10. The van der Waals surface area contributed by atoms with Crippen molar-refractivity contribution >= 4 is 23.5 Å². The number of hydrogen-bond donors (Lipinski definition) is 2. The van der Waals surface area contributed by atoms with Crippen LogP contribution >= 0.6 is 0 Å². The summed E-state index contributed by atoms with van der Waals surface area (Å²) in [4.78, 5) is 52.3. The summed E-state index contributed by atoms with van der Waals surface area (Å²) in [6.45, 7) is 0. The number of nitrogens with zero attached hydrogens (tertiary/aromatic N) is 2. The van der Waals surface area contributed by atoms with Crippen LogP contribution in [0, 0.1) is 0 Å². The number of halogens is 3. The molecule has 0 bridgehead atoms. The number of aromatic nitrogens is 2. The van der Waals surface area contributed by atoms with E-state index in [1.807, 2.05) is 0 Å². The molecule has 2 N–H and O–H groups in total. The number of aromatic hydroxyl groups is 2. The Morgan fingerprint density at radius 1 is 0.833 bits per heavy atom. The van der Waals surface area contributed by atoms with Crippen molar-refractivity contribution in [2.75, 3.05) is 14.2 Å². The molecule has 5 rings (SSSR count). The average molecular weight is 582 g/mol. The zero-order valence-corrected chi connectivity index (χ0v) is 21.5. The molecule has 0 saturated carbocycles. The third kappa shape index (κ3) is 4.58. The van der Waals surface area contributed by atoms with Gasteiger partial charge in [0.15, 0.2) is 11.5 Å². The lowest BCUT2D eigenvalue weighted by Crippen LogP contribution is -2.21. The highest BCUT2D eigenvalue weighted by atomic mass is 19.4. The van der Waals surface area contributed by atoms with Crippen LogP contribution in [0.1, 0.15) is 52.7 Å². The van der Waals surface area contributed by atoms with E-state index in [1.54, 1.807) is 0 Å². The van der Waals surface area contributed by atoms with E-state index in [4.69, 9.17) is 9.47 Å². The first-order valence-electron chi connectivity index (χ1n) is 11.8. The fourth-order valence-corrected chi connectivity index (χ4v) is 4.60. The minimum atomic E-state index is -4.96. The van der Waals surface area contributed by atoms with Crippen molar-refractivity contribution in [1.82, 2.24) is 9.78 Å². The SMILES string of the molecule is COC(=O)c1c(-c2cc(O)c3c(c2)C(=O)c2cccc(O)c2C3=O)nn(-c2ccc(OC(F)(F)F)cc2)c1C(=O)OC. The molecule has 0 atom stereocenters. The smallest absolute Gasteiger partial charge is 0.507 e. The zero-order chi connectivity index (χ0) is 30.5. The number of phenolic OH excluding ortho intramolecular Hbond substituents is 2. The number of alkyl halides is 3. The number of phenols is 2. The number of fused-ring (bicyclic) bond motifs is 2. The van der Waals surface area contributed by atoms with Gasteiger partial charge in [-0.05, 0) is 42.5 Å². The Kier molecular flexibility index (Phi) is 6.69. The molecule has 11 nitrogen and oxygen atoms in total. The van der Waals surface area contributed by atoms with Gasteiger partial charge in [-0.25, -0.2) is 14.3 Å². The molecular formula is C28H17F3N2O9. The van der Waals surface area contributed by atoms with Gasteiger partial charge >= 0.3 is 18.3 Å². The standard InChI is InChI=1S/C28H17F3N2O9/c1-40-26(38)21-22(32-33(23(21)27(39)41-2)13-6-8-14(9-7-13)42-28(29,30)31)12-10-16-20(18(35)11-12)25(37)19-15(24(16)36)4-3-5-17(19)34/h3-11,34-35H,1-2H3. The van der Waals surface area contributed by atoms with Gasteiger partial charge in [-0.2, -0.15) is 5.10 Å². The Labute approximate surface area is 233 Å². The third-order valence-electron chi connectivity index (χ3n) is 6.35. The zero-order valence-electron chi connectivity index (χ0n) is 21.5. The van der Waals surface area contributed by atoms with E-state index in [1.165, 1.54) is 24.3 Å². The molecule has 1 heterocycles. The Morgan fingerprint density at radius 3 is 2.10 bits per heavy atom. The summed E-state index contributed by atoms with van der Waals surface area (Å²) < 4.78 is 52.3. The second-order valence-corrected chi connectivity index (χ2v) is 8.78. The van der Waals surface area contributed by atoms with Gasteiger partial charge in [0.05, 0.1) is 31.0 Å². The number of esters is 2. The Balaban J connectivity index is 1.73. The quantitative estimate of drug-likeness (QED) is 0.288. The Bertz CT molecular complexity index is 1810. The van der Waals surface area contributed by atoms with E-state index in [0.717, 1.165) is 49.2 Å². The van der Waals surface area contributed by atoms with Gasteiger partial charge in [-0.1, -0.05) is 12.1 Å². The lowest BCUT2D eigenvalue weighted by molar-refractivity contribution is -0.274. The van der Waals surface area contributed by atoms with E-state index >= 15 is 0 Å². The van der Waals surface area contributed by atoms with Gasteiger partial charge in [0.2, 0.25) is 5.78 Å². The van der Waals surface area contributed by atoms with E-state index in [9.17, 15) is 42.6 Å². The van der Waals surface area contributed by atoms with Crippen molar-refractivity contribution in [2.24, 2.45) is 0 Å². The fourth-order valence-electron chi connectivity index (χ4n) is 4.60. The summed E-state index contributed by atoms with van der Waals surface area (Å²) in [6, 6.07) is 10.2. The maximum Gasteiger partial charge on any atom is 0.573 e. The molecule has 0 radical (unpaired) electrons. The highest BCUT2D eigenvalue weighted by molar-refractivity contribution is 6.30. The molecule has 42 heavy (non-hydrogen) atoms. The van der Waals surface area contributed by atoms with Crippen LogP contribution in [0.2, 0.25) is 0 Å². The maximum absolute atomic E-state index is 13.3. The second-order valence-electron chi connectivity index (χ2n) is 8.78. The van der Waals surface area contributed by atoms with Crippen LogP contribution in [0.4, 0.5) is 13.2 Å². The molecule has 0 amide bonds. The maximum atomic E-state index is 13.3. The lowest BCUT2D eigenvalue weighted by Gasteiger charge is -2.20. The number of benzene rings is 3. The lowest BCUT2D eigenvalue weighted by atomic mass is 9.82. The van der Waals surface area contributed by atoms with Gasteiger partial charge < -0.3 is 24.4 Å². The number of ketones is 2. The number of ether oxygens (including phenoxy) is 3. The molecule has 1 aliphatic carbocycles. The predicted octanol–water partition coefficient (Wildman–Crippen LogP) is 4.20. The molecule has 214 valence electrons. The summed E-state index contributed by atoms with van der Waals surface area (Å²) in [5.74, 6) is -5.42. The van der Waals surface area contributed by atoms with Crippen LogP contribution in [0.15, 0.2) is 54.6 Å². The first kappa shape index (κ1) is 27.9. The van der Waals surface area contributed by atoms with E-state index in [0.29, 0.717) is 0 Å². The number of rotatable bonds is 5. The van der Waals surface area contributed by atoms with Gasteiger partial charge in [-0.15, -0.1) is 13.2 Å². The van der Waals surface area contributed by atoms with Crippen molar-refractivity contribution in [1.29, 1.82) is 0 Å². The molecule has 4 aromatic rings. The Morgan fingerprint density at radius 2 is 1.48 bits per heavy atom. The molecule has 3 aromatic carbocycles. The van der Waals surface area contributed by atoms with E-state index in [-0.39, 0.29) is 33.6 Å². The molecule has 14 heteroatoms. The molecule has 0 spiro atoms. The molecule has 0 unspecified atom stereocenters. The molecule has 0 saturated heterocycles. The second kappa shape index (κ2) is 10.1. The summed E-state index contributed by atoms with van der Waals surface area (Å²) in [5.41, 5.74) is -2.43. The van der Waals surface area contributed by atoms with Gasteiger partial charge in [0.25, 0.3) is 0 Å². The number of carbonyl (C=O) groups excluding carboxylic acids is 4. The number of methoxy groups -OCH3 is 2. The first-order chi connectivity index (χ1) is 19.9. The summed E-state index contributed by atoms with van der Waals surface area (Å²) in [7, 11) is 2.03. The van der Waals surface area contributed by atoms with E-state index in [2.05, 4.69) is 9.84 Å². The third-order valence-corrected chi connectivity index (χ3v) is 6.35. The average Bonchev–Trinajstić information content (AvgIpc) is 3.35. The molecule has 1 aromatic heterocycles. The fraction of sp³-hybridized carbons (Fsp3) is 0.107. The van der Waals surface area contributed by atoms with Crippen LogP contribution in [0.25, 0.3) is 16.9 Å². The molecule has 1 aliphatic rings. The largest absolute Gasteiger partial charge is 0.573 e. The van der Waals surface area contributed by atoms with Gasteiger partial charge in [0, 0.05) is 16.7 Å². The highest BCUT2D eigenvalue weighted by Crippen LogP contribution is 2.40. The molecule has 0 fully saturated rings. The van der Waals surface area contributed by atoms with Crippen molar-refractivity contribution in [2.45, 2.75) is 6.36 Å². The van der Waals surface area contributed by atoms with Crippen LogP contribution in [0.3, 0.4) is 0 Å². The summed E-state index contributed by atoms with van der Waals surface area (Å²) in [6.07, 6.45) is -4.96. The minimum Gasteiger partial charge on any atom is -0.507 e. The van der Waals surface area contributed by atoms with Crippen LogP contribution in [-0.4, -0.2) is 64.1 Å². The van der Waals surface area contributed by atoms with E-state index < -0.39 is 63.9 Å². The van der Waals surface area contributed by atoms with Crippen LogP contribution in [-0.2, 0) is 9.47 Å². The predicted molar refractivity (Wildman–Crippen MR) is 135 cm³/mol. The molecule has 0 aliphatic heterocycles. The summed E-state index contributed by atoms with van der Waals surface area (Å²) >= 11 is 0.